The van der Waals surface area contributed by atoms with E-state index in [9.17, 15) is 9.59 Å². The Morgan fingerprint density at radius 1 is 0.912 bits per heavy atom. The summed E-state index contributed by atoms with van der Waals surface area (Å²) in [6, 6.07) is 23.2. The molecule has 3 heterocycles. The van der Waals surface area contributed by atoms with Crippen LogP contribution in [0.3, 0.4) is 0 Å². The molecule has 1 unspecified atom stereocenters. The van der Waals surface area contributed by atoms with Crippen molar-refractivity contribution in [2.75, 3.05) is 5.32 Å². The van der Waals surface area contributed by atoms with Crippen LogP contribution >= 0.6 is 0 Å². The summed E-state index contributed by atoms with van der Waals surface area (Å²) >= 11 is 0. The molecule has 3 aromatic heterocycles. The molecule has 0 fully saturated rings. The predicted octanol–water partition coefficient (Wildman–Crippen LogP) is 3.99. The van der Waals surface area contributed by atoms with Crippen molar-refractivity contribution in [1.82, 2.24) is 19.9 Å². The molecule has 0 spiro atoms. The molecule has 8 nitrogen and oxygen atoms in total. The quantitative estimate of drug-likeness (QED) is 0.390. The second-order valence-electron chi connectivity index (χ2n) is 7.69. The van der Waals surface area contributed by atoms with Gasteiger partial charge in [-0.3, -0.25) is 14.2 Å². The Kier molecular flexibility index (Phi) is 5.85. The van der Waals surface area contributed by atoms with Gasteiger partial charge in [-0.1, -0.05) is 42.5 Å². The molecule has 2 N–H and O–H groups in total. The van der Waals surface area contributed by atoms with E-state index < -0.39 is 11.9 Å². The zero-order chi connectivity index (χ0) is 23.3. The zero-order valence-corrected chi connectivity index (χ0v) is 18.1. The molecule has 0 aliphatic carbocycles. The molecule has 2 aromatic carbocycles. The van der Waals surface area contributed by atoms with E-state index in [2.05, 4.69) is 20.6 Å². The van der Waals surface area contributed by atoms with Gasteiger partial charge in [0, 0.05) is 6.42 Å². The van der Waals surface area contributed by atoms with Crippen LogP contribution in [0.1, 0.15) is 16.1 Å². The first-order chi connectivity index (χ1) is 16.7. The second kappa shape index (κ2) is 9.41. The second-order valence-corrected chi connectivity index (χ2v) is 7.69. The summed E-state index contributed by atoms with van der Waals surface area (Å²) in [7, 11) is 0. The number of nitrogens with zero attached hydrogens (tertiary/aromatic N) is 3. The number of pyridine rings is 1. The maximum atomic E-state index is 13.1. The van der Waals surface area contributed by atoms with Gasteiger partial charge in [-0.05, 0) is 42.0 Å². The monoisotopic (exact) mass is 451 g/mol. The smallest absolute Gasteiger partial charge is 0.287 e. The van der Waals surface area contributed by atoms with Crippen LogP contribution in [-0.4, -0.2) is 32.4 Å². The number of rotatable bonds is 7. The molecule has 2 amide bonds. The van der Waals surface area contributed by atoms with E-state index >= 15 is 0 Å². The zero-order valence-electron chi connectivity index (χ0n) is 18.1. The number of nitrogens with one attached hydrogen (secondary N) is 2. The maximum Gasteiger partial charge on any atom is 0.287 e. The van der Waals surface area contributed by atoms with Gasteiger partial charge in [0.1, 0.15) is 18.2 Å². The summed E-state index contributed by atoms with van der Waals surface area (Å²) in [6.45, 7) is 0. The molecular formula is C26H21N5O3. The molecule has 5 aromatic rings. The minimum atomic E-state index is -0.808. The van der Waals surface area contributed by atoms with Gasteiger partial charge in [0.05, 0.1) is 29.2 Å². The lowest BCUT2D eigenvalue weighted by atomic mass is 10.0. The predicted molar refractivity (Wildman–Crippen MR) is 128 cm³/mol. The number of amides is 2. The van der Waals surface area contributed by atoms with Crippen molar-refractivity contribution < 1.29 is 14.0 Å². The van der Waals surface area contributed by atoms with Gasteiger partial charge in [-0.25, -0.2) is 9.97 Å². The Morgan fingerprint density at radius 3 is 2.50 bits per heavy atom. The Morgan fingerprint density at radius 2 is 1.74 bits per heavy atom. The molecular weight excluding hydrogens is 430 g/mol. The molecule has 0 aliphatic rings. The van der Waals surface area contributed by atoms with E-state index in [4.69, 9.17) is 4.42 Å². The number of hydrogen-bond donors (Lipinski definition) is 2. The molecule has 5 rings (SSSR count). The van der Waals surface area contributed by atoms with Gasteiger partial charge in [0.25, 0.3) is 5.91 Å². The van der Waals surface area contributed by atoms with Crippen LogP contribution in [0, 0.1) is 0 Å². The van der Waals surface area contributed by atoms with E-state index in [-0.39, 0.29) is 11.7 Å². The molecule has 0 bridgehead atoms. The highest BCUT2D eigenvalue weighted by atomic mass is 16.3. The Hall–Kier alpha value is -4.72. The molecule has 34 heavy (non-hydrogen) atoms. The van der Waals surface area contributed by atoms with E-state index in [0.29, 0.717) is 17.9 Å². The number of carbonyl (C=O) groups excluding carboxylic acids is 2. The highest BCUT2D eigenvalue weighted by Crippen LogP contribution is 2.18. The van der Waals surface area contributed by atoms with Crippen LogP contribution < -0.4 is 10.6 Å². The fraction of sp³-hybridized carbons (Fsp3) is 0.0769. The van der Waals surface area contributed by atoms with Gasteiger partial charge in [-0.15, -0.1) is 0 Å². The molecule has 0 saturated heterocycles. The third-order valence-corrected chi connectivity index (χ3v) is 5.37. The topological polar surface area (TPSA) is 102 Å². The van der Waals surface area contributed by atoms with Crippen LogP contribution in [0.4, 0.5) is 5.69 Å². The highest BCUT2D eigenvalue weighted by molar-refractivity contribution is 6.00. The minimum Gasteiger partial charge on any atom is -0.459 e. The van der Waals surface area contributed by atoms with Gasteiger partial charge in [0.15, 0.2) is 5.76 Å². The highest BCUT2D eigenvalue weighted by Gasteiger charge is 2.23. The number of benzene rings is 2. The molecule has 0 saturated carbocycles. The largest absolute Gasteiger partial charge is 0.459 e. The lowest BCUT2D eigenvalue weighted by Crippen LogP contribution is -2.45. The van der Waals surface area contributed by atoms with Crippen molar-refractivity contribution in [3.05, 3.63) is 109 Å². The third-order valence-electron chi connectivity index (χ3n) is 5.37. The van der Waals surface area contributed by atoms with Gasteiger partial charge in [0.2, 0.25) is 5.91 Å². The standard InChI is InChI=1S/C26H21N5O3/c32-25(21(15-18-7-2-1-3-8-18)30-26(33)23-11-6-14-34-23)29-19-12-13-24(27-16-19)31-17-28-20-9-4-5-10-22(20)31/h1-14,16-17,21H,15H2,(H,29,32)(H,30,33). The minimum absolute atomic E-state index is 0.143. The molecule has 0 radical (unpaired) electrons. The van der Waals surface area contributed by atoms with Crippen LogP contribution in [-0.2, 0) is 11.2 Å². The summed E-state index contributed by atoms with van der Waals surface area (Å²) in [6.07, 6.45) is 5.03. The first-order valence-corrected chi connectivity index (χ1v) is 10.7. The number of furan rings is 1. The number of aromatic nitrogens is 3. The number of carbonyl (C=O) groups is 2. The van der Waals surface area contributed by atoms with Crippen molar-refractivity contribution >= 4 is 28.5 Å². The number of para-hydroxylation sites is 2. The third kappa shape index (κ3) is 4.56. The van der Waals surface area contributed by atoms with Gasteiger partial charge >= 0.3 is 0 Å². The molecule has 1 atom stereocenters. The summed E-state index contributed by atoms with van der Waals surface area (Å²) in [4.78, 5) is 34.5. The number of imidazole rings is 1. The van der Waals surface area contributed by atoms with E-state index in [0.717, 1.165) is 16.6 Å². The maximum absolute atomic E-state index is 13.1. The number of anilines is 1. The van der Waals surface area contributed by atoms with Crippen molar-refractivity contribution in [3.8, 4) is 5.82 Å². The van der Waals surface area contributed by atoms with Crippen molar-refractivity contribution in [3.63, 3.8) is 0 Å². The van der Waals surface area contributed by atoms with Crippen molar-refractivity contribution in [2.45, 2.75) is 12.5 Å². The summed E-state index contributed by atoms with van der Waals surface area (Å²) in [5, 5.41) is 5.62. The average Bonchev–Trinajstić information content (AvgIpc) is 3.55. The van der Waals surface area contributed by atoms with Crippen LogP contribution in [0.5, 0.6) is 0 Å². The average molecular weight is 451 g/mol. The Balaban J connectivity index is 1.33. The fourth-order valence-electron chi connectivity index (χ4n) is 3.67. The van der Waals surface area contributed by atoms with Gasteiger partial charge < -0.3 is 15.1 Å². The lowest BCUT2D eigenvalue weighted by Gasteiger charge is -2.18. The Bertz CT molecular complexity index is 1410. The SMILES string of the molecule is O=C(NC(Cc1ccccc1)C(=O)Nc1ccc(-n2cnc3ccccc32)nc1)c1ccco1. The molecule has 0 aliphatic heterocycles. The van der Waals surface area contributed by atoms with E-state index in [1.54, 1.807) is 36.8 Å². The summed E-state index contributed by atoms with van der Waals surface area (Å²) < 4.78 is 7.04. The first kappa shape index (κ1) is 21.1. The van der Waals surface area contributed by atoms with E-state index in [1.807, 2.05) is 59.2 Å². The summed E-state index contributed by atoms with van der Waals surface area (Å²) in [5.41, 5.74) is 3.25. The van der Waals surface area contributed by atoms with Crippen molar-refractivity contribution in [1.29, 1.82) is 0 Å². The van der Waals surface area contributed by atoms with Crippen molar-refractivity contribution in [2.24, 2.45) is 0 Å². The normalized spacial score (nSPS) is 11.8. The number of fused-ring (bicyclic) bond motifs is 1. The summed E-state index contributed by atoms with van der Waals surface area (Å²) in [5.74, 6) is 0.0102. The molecule has 8 heteroatoms. The Labute approximate surface area is 195 Å². The first-order valence-electron chi connectivity index (χ1n) is 10.7. The molecule has 168 valence electrons. The van der Waals surface area contributed by atoms with Crippen LogP contribution in [0.2, 0.25) is 0 Å². The van der Waals surface area contributed by atoms with Crippen LogP contribution in [0.25, 0.3) is 16.9 Å². The number of hydrogen-bond acceptors (Lipinski definition) is 5. The van der Waals surface area contributed by atoms with Gasteiger partial charge in [-0.2, -0.15) is 0 Å². The fourth-order valence-corrected chi connectivity index (χ4v) is 3.67. The van der Waals surface area contributed by atoms with Crippen LogP contribution in [0.15, 0.2) is 102 Å². The lowest BCUT2D eigenvalue weighted by molar-refractivity contribution is -0.118. The van der Waals surface area contributed by atoms with E-state index in [1.165, 1.54) is 6.26 Å².